The first-order valence-electron chi connectivity index (χ1n) is 6.85. The molecule has 0 saturated heterocycles. The van der Waals surface area contributed by atoms with E-state index in [-0.39, 0.29) is 5.41 Å². The summed E-state index contributed by atoms with van der Waals surface area (Å²) in [5.41, 5.74) is 8.43. The first-order valence-corrected chi connectivity index (χ1v) is 6.85. The minimum atomic E-state index is -0.109. The average molecular weight is 269 g/mol. The molecular weight excluding hydrogens is 250 g/mol. The number of fused-ring (bicyclic) bond motifs is 1. The summed E-state index contributed by atoms with van der Waals surface area (Å²) in [6.07, 6.45) is 0.907. The topological polar surface area (TPSA) is 44.5 Å². The van der Waals surface area contributed by atoms with Crippen molar-refractivity contribution in [1.82, 2.24) is 0 Å². The van der Waals surface area contributed by atoms with E-state index in [4.69, 9.17) is 15.2 Å². The van der Waals surface area contributed by atoms with Crippen LogP contribution < -0.4 is 15.2 Å². The van der Waals surface area contributed by atoms with Gasteiger partial charge in [0.15, 0.2) is 11.5 Å². The van der Waals surface area contributed by atoms with Gasteiger partial charge in [-0.2, -0.15) is 0 Å². The van der Waals surface area contributed by atoms with Crippen LogP contribution >= 0.6 is 0 Å². The molecule has 0 saturated carbocycles. The van der Waals surface area contributed by atoms with Crippen LogP contribution in [0, 0.1) is 0 Å². The van der Waals surface area contributed by atoms with Crippen LogP contribution in [0.4, 0.5) is 0 Å². The van der Waals surface area contributed by atoms with Crippen molar-refractivity contribution in [3.8, 4) is 11.5 Å². The van der Waals surface area contributed by atoms with Crippen molar-refractivity contribution in [3.05, 3.63) is 59.7 Å². The largest absolute Gasteiger partial charge is 0.454 e. The number of hydrogen-bond donors (Lipinski definition) is 1. The van der Waals surface area contributed by atoms with Crippen molar-refractivity contribution in [2.45, 2.75) is 18.8 Å². The Morgan fingerprint density at radius 2 is 1.80 bits per heavy atom. The molecule has 2 aromatic carbocycles. The molecule has 0 radical (unpaired) electrons. The Morgan fingerprint density at radius 1 is 1.05 bits per heavy atom. The Bertz CT molecular complexity index is 597. The molecule has 1 heterocycles. The van der Waals surface area contributed by atoms with Crippen molar-refractivity contribution >= 4 is 0 Å². The summed E-state index contributed by atoms with van der Waals surface area (Å²) in [4.78, 5) is 0. The standard InChI is InChI=1S/C17H19NO2/c1-17(11-18,10-13-5-3-2-4-6-13)14-7-8-15-16(9-14)20-12-19-15/h2-9H,10-12,18H2,1H3. The third-order valence-electron chi connectivity index (χ3n) is 3.96. The molecule has 0 aliphatic carbocycles. The molecule has 3 nitrogen and oxygen atoms in total. The number of rotatable bonds is 4. The fourth-order valence-corrected chi connectivity index (χ4v) is 2.61. The average Bonchev–Trinajstić information content (AvgIpc) is 2.95. The second-order valence-electron chi connectivity index (χ2n) is 5.50. The second kappa shape index (κ2) is 5.17. The molecule has 1 aliphatic heterocycles. The van der Waals surface area contributed by atoms with E-state index in [2.05, 4.69) is 43.3 Å². The highest BCUT2D eigenvalue weighted by molar-refractivity contribution is 5.47. The lowest BCUT2D eigenvalue weighted by Gasteiger charge is -2.29. The van der Waals surface area contributed by atoms with Crippen LogP contribution in [0.3, 0.4) is 0 Å². The summed E-state index contributed by atoms with van der Waals surface area (Å²) in [6, 6.07) is 16.5. The van der Waals surface area contributed by atoms with Gasteiger partial charge in [-0.25, -0.2) is 0 Å². The van der Waals surface area contributed by atoms with Gasteiger partial charge in [0.25, 0.3) is 0 Å². The minimum Gasteiger partial charge on any atom is -0.454 e. The van der Waals surface area contributed by atoms with Crippen LogP contribution in [-0.2, 0) is 11.8 Å². The van der Waals surface area contributed by atoms with Gasteiger partial charge in [0.2, 0.25) is 6.79 Å². The Balaban J connectivity index is 1.92. The summed E-state index contributed by atoms with van der Waals surface area (Å²) in [5, 5.41) is 0. The molecular formula is C17H19NO2. The quantitative estimate of drug-likeness (QED) is 0.928. The minimum absolute atomic E-state index is 0.109. The van der Waals surface area contributed by atoms with Crippen molar-refractivity contribution in [2.75, 3.05) is 13.3 Å². The van der Waals surface area contributed by atoms with E-state index in [1.54, 1.807) is 0 Å². The van der Waals surface area contributed by atoms with Crippen LogP contribution in [0.1, 0.15) is 18.1 Å². The number of benzene rings is 2. The highest BCUT2D eigenvalue weighted by Crippen LogP contribution is 2.37. The van der Waals surface area contributed by atoms with Crippen LogP contribution in [0.15, 0.2) is 48.5 Å². The fraction of sp³-hybridized carbons (Fsp3) is 0.294. The molecule has 1 unspecified atom stereocenters. The summed E-state index contributed by atoms with van der Waals surface area (Å²) >= 11 is 0. The van der Waals surface area contributed by atoms with Gasteiger partial charge in [0.1, 0.15) is 0 Å². The normalized spacial score (nSPS) is 15.9. The van der Waals surface area contributed by atoms with Crippen LogP contribution in [-0.4, -0.2) is 13.3 Å². The van der Waals surface area contributed by atoms with E-state index < -0.39 is 0 Å². The highest BCUT2D eigenvalue weighted by Gasteiger charge is 2.27. The number of ether oxygens (including phenoxy) is 2. The third kappa shape index (κ3) is 2.37. The van der Waals surface area contributed by atoms with Gasteiger partial charge in [0.05, 0.1) is 0 Å². The molecule has 3 heteroatoms. The molecule has 2 N–H and O–H groups in total. The van der Waals surface area contributed by atoms with E-state index in [1.165, 1.54) is 11.1 Å². The molecule has 1 aliphatic rings. The van der Waals surface area contributed by atoms with E-state index in [0.29, 0.717) is 13.3 Å². The highest BCUT2D eigenvalue weighted by atomic mass is 16.7. The van der Waals surface area contributed by atoms with Crippen molar-refractivity contribution in [1.29, 1.82) is 0 Å². The van der Waals surface area contributed by atoms with Gasteiger partial charge in [-0.1, -0.05) is 43.3 Å². The molecule has 0 aromatic heterocycles. The number of hydrogen-bond acceptors (Lipinski definition) is 3. The molecule has 0 bridgehead atoms. The zero-order valence-electron chi connectivity index (χ0n) is 11.6. The molecule has 1 atom stereocenters. The van der Waals surface area contributed by atoms with Crippen molar-refractivity contribution in [3.63, 3.8) is 0 Å². The smallest absolute Gasteiger partial charge is 0.231 e. The first kappa shape index (κ1) is 13.0. The van der Waals surface area contributed by atoms with Crippen molar-refractivity contribution in [2.24, 2.45) is 5.73 Å². The van der Waals surface area contributed by atoms with Crippen molar-refractivity contribution < 1.29 is 9.47 Å². The fourth-order valence-electron chi connectivity index (χ4n) is 2.61. The van der Waals surface area contributed by atoms with E-state index in [1.807, 2.05) is 12.1 Å². The molecule has 2 aromatic rings. The van der Waals surface area contributed by atoms with Crippen LogP contribution in [0.2, 0.25) is 0 Å². The van der Waals surface area contributed by atoms with E-state index >= 15 is 0 Å². The van der Waals surface area contributed by atoms with Gasteiger partial charge >= 0.3 is 0 Å². The molecule has 0 fully saturated rings. The first-order chi connectivity index (χ1) is 9.71. The number of nitrogens with two attached hydrogens (primary N) is 1. The monoisotopic (exact) mass is 269 g/mol. The summed E-state index contributed by atoms with van der Waals surface area (Å²) in [7, 11) is 0. The Labute approximate surface area is 119 Å². The second-order valence-corrected chi connectivity index (χ2v) is 5.50. The Hall–Kier alpha value is -2.00. The van der Waals surface area contributed by atoms with E-state index in [0.717, 1.165) is 17.9 Å². The van der Waals surface area contributed by atoms with Gasteiger partial charge in [-0.15, -0.1) is 0 Å². The van der Waals surface area contributed by atoms with Gasteiger partial charge < -0.3 is 15.2 Å². The van der Waals surface area contributed by atoms with Crippen LogP contribution in [0.25, 0.3) is 0 Å². The maximum absolute atomic E-state index is 6.06. The lowest BCUT2D eigenvalue weighted by atomic mass is 9.77. The summed E-state index contributed by atoms with van der Waals surface area (Å²) < 4.78 is 10.8. The lowest BCUT2D eigenvalue weighted by Crippen LogP contribution is -2.34. The molecule has 0 spiro atoms. The molecule has 0 amide bonds. The molecule has 104 valence electrons. The Morgan fingerprint density at radius 3 is 2.55 bits per heavy atom. The Kier molecular flexibility index (Phi) is 3.36. The maximum Gasteiger partial charge on any atom is 0.231 e. The summed E-state index contributed by atoms with van der Waals surface area (Å²) in [5.74, 6) is 1.63. The van der Waals surface area contributed by atoms with Gasteiger partial charge in [-0.3, -0.25) is 0 Å². The predicted octanol–water partition coefficient (Wildman–Crippen LogP) is 2.87. The SMILES string of the molecule is CC(CN)(Cc1ccccc1)c1ccc2c(c1)OCO2. The predicted molar refractivity (Wildman–Crippen MR) is 79.1 cm³/mol. The zero-order chi connectivity index (χ0) is 14.0. The summed E-state index contributed by atoms with van der Waals surface area (Å²) in [6.45, 7) is 3.08. The van der Waals surface area contributed by atoms with Gasteiger partial charge in [0, 0.05) is 12.0 Å². The maximum atomic E-state index is 6.06. The zero-order valence-corrected chi connectivity index (χ0v) is 11.6. The van der Waals surface area contributed by atoms with Crippen LogP contribution in [0.5, 0.6) is 11.5 Å². The molecule has 20 heavy (non-hydrogen) atoms. The van der Waals surface area contributed by atoms with E-state index in [9.17, 15) is 0 Å². The third-order valence-corrected chi connectivity index (χ3v) is 3.96. The lowest BCUT2D eigenvalue weighted by molar-refractivity contribution is 0.174. The van der Waals surface area contributed by atoms with Gasteiger partial charge in [-0.05, 0) is 29.7 Å². The molecule has 3 rings (SSSR count).